The summed E-state index contributed by atoms with van der Waals surface area (Å²) in [5, 5.41) is 4.96. The fourth-order valence-electron chi connectivity index (χ4n) is 2.69. The normalized spacial score (nSPS) is 13.7. The molecule has 0 unspecified atom stereocenters. The van der Waals surface area contributed by atoms with Gasteiger partial charge >= 0.3 is 0 Å². The van der Waals surface area contributed by atoms with Crippen molar-refractivity contribution in [2.75, 3.05) is 6.54 Å². The number of benzene rings is 1. The Morgan fingerprint density at radius 3 is 2.83 bits per heavy atom. The van der Waals surface area contributed by atoms with Crippen LogP contribution in [-0.2, 0) is 19.3 Å². The van der Waals surface area contributed by atoms with Gasteiger partial charge in [0.2, 0.25) is 0 Å². The molecule has 1 amide bonds. The Hall–Kier alpha value is -1.10. The van der Waals surface area contributed by atoms with E-state index in [1.807, 2.05) is 11.3 Å². The van der Waals surface area contributed by atoms with Crippen LogP contribution in [0.3, 0.4) is 0 Å². The highest BCUT2D eigenvalue weighted by Gasteiger charge is 2.14. The second-order valence-electron chi connectivity index (χ2n) is 5.67. The van der Waals surface area contributed by atoms with E-state index in [2.05, 4.69) is 5.32 Å². The van der Waals surface area contributed by atoms with Gasteiger partial charge in [0.05, 0.1) is 20.7 Å². The van der Waals surface area contributed by atoms with Crippen molar-refractivity contribution >= 4 is 40.4 Å². The third-order valence-electron chi connectivity index (χ3n) is 3.92. The topological polar surface area (TPSA) is 42.0 Å². The molecular formula is C17H18Cl2N2OS. The number of aromatic nitrogens is 1. The molecule has 1 aliphatic rings. The summed E-state index contributed by atoms with van der Waals surface area (Å²) >= 11 is 13.6. The maximum absolute atomic E-state index is 12.1. The Bertz CT molecular complexity index is 691. The molecule has 1 heterocycles. The van der Waals surface area contributed by atoms with Crippen molar-refractivity contribution in [2.24, 2.45) is 0 Å². The van der Waals surface area contributed by atoms with E-state index in [0.29, 0.717) is 22.2 Å². The molecule has 122 valence electrons. The molecule has 0 radical (unpaired) electrons. The van der Waals surface area contributed by atoms with Gasteiger partial charge in [-0.15, -0.1) is 11.3 Å². The number of aryl methyl sites for hydroxylation is 3. The van der Waals surface area contributed by atoms with Gasteiger partial charge in [0.25, 0.3) is 5.91 Å². The van der Waals surface area contributed by atoms with E-state index >= 15 is 0 Å². The minimum Gasteiger partial charge on any atom is -0.352 e. The minimum atomic E-state index is -0.123. The zero-order valence-corrected chi connectivity index (χ0v) is 15.0. The second-order valence-corrected chi connectivity index (χ2v) is 7.66. The van der Waals surface area contributed by atoms with Crippen LogP contribution in [0.1, 0.15) is 45.2 Å². The first-order valence-corrected chi connectivity index (χ1v) is 9.41. The van der Waals surface area contributed by atoms with Crippen LogP contribution in [0.4, 0.5) is 0 Å². The number of halogens is 2. The Morgan fingerprint density at radius 2 is 2.04 bits per heavy atom. The molecule has 0 atom stereocenters. The van der Waals surface area contributed by atoms with E-state index in [-0.39, 0.29) is 5.91 Å². The molecule has 0 saturated carbocycles. The lowest BCUT2D eigenvalue weighted by atomic mass is 10.0. The fraction of sp³-hybridized carbons (Fsp3) is 0.412. The van der Waals surface area contributed by atoms with Crippen molar-refractivity contribution in [3.05, 3.63) is 49.4 Å². The number of amides is 1. The van der Waals surface area contributed by atoms with Gasteiger partial charge in [0.1, 0.15) is 0 Å². The quantitative estimate of drug-likeness (QED) is 0.777. The van der Waals surface area contributed by atoms with Crippen LogP contribution in [0, 0.1) is 0 Å². The summed E-state index contributed by atoms with van der Waals surface area (Å²) in [5.41, 5.74) is 1.83. The Kier molecular flexibility index (Phi) is 5.57. The molecule has 0 aliphatic heterocycles. The molecule has 1 aromatic carbocycles. The summed E-state index contributed by atoms with van der Waals surface area (Å²) in [7, 11) is 0. The van der Waals surface area contributed by atoms with E-state index in [4.69, 9.17) is 28.2 Å². The van der Waals surface area contributed by atoms with E-state index in [0.717, 1.165) is 19.3 Å². The van der Waals surface area contributed by atoms with Crippen LogP contribution >= 0.6 is 34.5 Å². The summed E-state index contributed by atoms with van der Waals surface area (Å²) in [4.78, 5) is 18.2. The van der Waals surface area contributed by atoms with Gasteiger partial charge in [-0.3, -0.25) is 4.79 Å². The highest BCUT2D eigenvalue weighted by Crippen LogP contribution is 2.27. The number of carbonyl (C=O) groups excluding carboxylic acids is 1. The number of nitrogens with one attached hydrogen (secondary N) is 1. The maximum Gasteiger partial charge on any atom is 0.251 e. The summed E-state index contributed by atoms with van der Waals surface area (Å²) < 4.78 is 0. The van der Waals surface area contributed by atoms with Crippen LogP contribution in [-0.4, -0.2) is 17.4 Å². The molecular weight excluding hydrogens is 351 g/mol. The Labute approximate surface area is 150 Å². The molecule has 1 aliphatic carbocycles. The lowest BCUT2D eigenvalue weighted by Crippen LogP contribution is -2.24. The van der Waals surface area contributed by atoms with Crippen molar-refractivity contribution < 1.29 is 4.79 Å². The molecule has 6 heteroatoms. The van der Waals surface area contributed by atoms with E-state index in [1.165, 1.54) is 34.8 Å². The molecule has 1 N–H and O–H groups in total. The second kappa shape index (κ2) is 7.65. The molecule has 3 nitrogen and oxygen atoms in total. The van der Waals surface area contributed by atoms with Gasteiger partial charge in [-0.1, -0.05) is 23.2 Å². The van der Waals surface area contributed by atoms with Crippen LogP contribution in [0.5, 0.6) is 0 Å². The average Bonchev–Trinajstić information content (AvgIpc) is 2.96. The number of nitrogens with zero attached hydrogens (tertiary/aromatic N) is 1. The van der Waals surface area contributed by atoms with Crippen LogP contribution in [0.2, 0.25) is 10.0 Å². The van der Waals surface area contributed by atoms with Crippen molar-refractivity contribution in [2.45, 2.75) is 38.5 Å². The fourth-order valence-corrected chi connectivity index (χ4v) is 4.19. The molecule has 2 aromatic rings. The van der Waals surface area contributed by atoms with Gasteiger partial charge in [0.15, 0.2) is 0 Å². The molecule has 1 aromatic heterocycles. The van der Waals surface area contributed by atoms with E-state index in [1.54, 1.807) is 18.2 Å². The minimum absolute atomic E-state index is 0.123. The SMILES string of the molecule is O=C(NCCCc1nc2c(s1)CCCC2)c1ccc(Cl)c(Cl)c1. The van der Waals surface area contributed by atoms with E-state index < -0.39 is 0 Å². The van der Waals surface area contributed by atoms with Crippen molar-refractivity contribution in [3.63, 3.8) is 0 Å². The summed E-state index contributed by atoms with van der Waals surface area (Å²) in [5.74, 6) is -0.123. The Morgan fingerprint density at radius 1 is 1.22 bits per heavy atom. The first-order chi connectivity index (χ1) is 11.1. The van der Waals surface area contributed by atoms with Crippen molar-refractivity contribution in [1.82, 2.24) is 10.3 Å². The zero-order chi connectivity index (χ0) is 16.2. The van der Waals surface area contributed by atoms with Gasteiger partial charge in [0, 0.05) is 23.4 Å². The number of hydrogen-bond acceptors (Lipinski definition) is 3. The van der Waals surface area contributed by atoms with Crippen LogP contribution in [0.15, 0.2) is 18.2 Å². The lowest BCUT2D eigenvalue weighted by Gasteiger charge is -2.06. The average molecular weight is 369 g/mol. The third kappa shape index (κ3) is 4.25. The monoisotopic (exact) mass is 368 g/mol. The van der Waals surface area contributed by atoms with Gasteiger partial charge < -0.3 is 5.32 Å². The largest absolute Gasteiger partial charge is 0.352 e. The van der Waals surface area contributed by atoms with Gasteiger partial charge in [-0.2, -0.15) is 0 Å². The smallest absolute Gasteiger partial charge is 0.251 e. The Balaban J connectivity index is 1.46. The molecule has 23 heavy (non-hydrogen) atoms. The van der Waals surface area contributed by atoms with E-state index in [9.17, 15) is 4.79 Å². The summed E-state index contributed by atoms with van der Waals surface area (Å²) in [6.45, 7) is 0.628. The number of hydrogen-bond donors (Lipinski definition) is 1. The predicted octanol–water partition coefficient (Wildman–Crippen LogP) is 4.69. The molecule has 0 spiro atoms. The number of fused-ring (bicyclic) bond motifs is 1. The highest BCUT2D eigenvalue weighted by atomic mass is 35.5. The molecule has 0 saturated heterocycles. The highest BCUT2D eigenvalue weighted by molar-refractivity contribution is 7.11. The van der Waals surface area contributed by atoms with Crippen molar-refractivity contribution in [1.29, 1.82) is 0 Å². The zero-order valence-electron chi connectivity index (χ0n) is 12.7. The van der Waals surface area contributed by atoms with Crippen LogP contribution in [0.25, 0.3) is 0 Å². The first kappa shape index (κ1) is 16.7. The van der Waals surface area contributed by atoms with Gasteiger partial charge in [-0.05, 0) is 50.3 Å². The number of carbonyl (C=O) groups is 1. The number of rotatable bonds is 5. The summed E-state index contributed by atoms with van der Waals surface area (Å²) in [6.07, 6.45) is 6.66. The standard InChI is InChI=1S/C17H18Cl2N2OS/c18-12-8-7-11(10-13(12)19)17(22)20-9-3-6-16-21-14-4-1-2-5-15(14)23-16/h7-8,10H,1-6,9H2,(H,20,22). The van der Waals surface area contributed by atoms with Crippen molar-refractivity contribution in [3.8, 4) is 0 Å². The van der Waals surface area contributed by atoms with Crippen LogP contribution < -0.4 is 5.32 Å². The first-order valence-electron chi connectivity index (χ1n) is 7.84. The number of thiazole rings is 1. The summed E-state index contributed by atoms with van der Waals surface area (Å²) in [6, 6.07) is 4.91. The molecule has 0 fully saturated rings. The van der Waals surface area contributed by atoms with Gasteiger partial charge in [-0.25, -0.2) is 4.98 Å². The third-order valence-corrected chi connectivity index (χ3v) is 5.88. The molecule has 0 bridgehead atoms. The predicted molar refractivity (Wildman–Crippen MR) is 95.9 cm³/mol. The molecule has 3 rings (SSSR count). The maximum atomic E-state index is 12.1. The lowest BCUT2D eigenvalue weighted by molar-refractivity contribution is 0.0953.